The molecule has 1 unspecified atom stereocenters. The summed E-state index contributed by atoms with van der Waals surface area (Å²) < 4.78 is 0. The molecule has 31 heavy (non-hydrogen) atoms. The zero-order valence-electron chi connectivity index (χ0n) is 18.9. The smallest absolute Gasteiger partial charge is 0.299 e. The lowest BCUT2D eigenvalue weighted by Gasteiger charge is -2.26. The van der Waals surface area contributed by atoms with Crippen LogP contribution in [0.5, 0.6) is 0 Å². The minimum atomic E-state index is -0.574. The lowest BCUT2D eigenvalue weighted by Crippen LogP contribution is -2.35. The molecule has 0 saturated carbocycles. The van der Waals surface area contributed by atoms with Crippen LogP contribution in [0.15, 0.2) is 41.8 Å². The second-order valence-electron chi connectivity index (χ2n) is 8.74. The van der Waals surface area contributed by atoms with E-state index >= 15 is 0 Å². The number of carbonyl (C=O) groups is 3. The third kappa shape index (κ3) is 4.90. The molecular formula is C25H32N2O3S. The van der Waals surface area contributed by atoms with E-state index in [1.165, 1.54) is 9.78 Å². The Morgan fingerprint density at radius 3 is 2.42 bits per heavy atom. The molecule has 0 radical (unpaired) electrons. The van der Waals surface area contributed by atoms with Crippen molar-refractivity contribution in [3.63, 3.8) is 0 Å². The molecule has 166 valence electrons. The number of amides is 3. The second kappa shape index (κ2) is 9.77. The van der Waals surface area contributed by atoms with Crippen molar-refractivity contribution < 1.29 is 14.4 Å². The Bertz CT molecular complexity index is 919. The first-order chi connectivity index (χ1) is 14.8. The molecule has 2 aromatic rings. The first kappa shape index (κ1) is 23.2. The molecule has 1 aromatic heterocycles. The minimum Gasteiger partial charge on any atom is -0.299 e. The van der Waals surface area contributed by atoms with Gasteiger partial charge in [0.2, 0.25) is 0 Å². The Morgan fingerprint density at radius 1 is 1.10 bits per heavy atom. The Kier molecular flexibility index (Phi) is 7.31. The largest absolute Gasteiger partial charge is 0.331 e. The summed E-state index contributed by atoms with van der Waals surface area (Å²) >= 11 is 1.71. The number of unbranched alkanes of at least 4 members (excludes halogenated alkanes) is 1. The van der Waals surface area contributed by atoms with Crippen LogP contribution in [0.2, 0.25) is 0 Å². The van der Waals surface area contributed by atoms with Crippen LogP contribution >= 0.6 is 11.3 Å². The van der Waals surface area contributed by atoms with E-state index in [2.05, 4.69) is 18.4 Å². The van der Waals surface area contributed by atoms with Gasteiger partial charge in [-0.05, 0) is 68.7 Å². The van der Waals surface area contributed by atoms with E-state index in [1.54, 1.807) is 23.3 Å². The lowest BCUT2D eigenvalue weighted by molar-refractivity contribution is -0.126. The lowest BCUT2D eigenvalue weighted by atomic mass is 9.79. The topological polar surface area (TPSA) is 57.7 Å². The van der Waals surface area contributed by atoms with E-state index in [-0.39, 0.29) is 17.7 Å². The van der Waals surface area contributed by atoms with Crippen molar-refractivity contribution in [2.24, 2.45) is 0 Å². The number of ketones is 1. The summed E-state index contributed by atoms with van der Waals surface area (Å²) in [6.07, 6.45) is 4.82. The van der Waals surface area contributed by atoms with Gasteiger partial charge in [-0.25, -0.2) is 4.79 Å². The van der Waals surface area contributed by atoms with Crippen molar-refractivity contribution in [1.29, 1.82) is 0 Å². The molecule has 3 amide bonds. The van der Waals surface area contributed by atoms with Gasteiger partial charge in [-0.3, -0.25) is 19.4 Å². The van der Waals surface area contributed by atoms with E-state index in [4.69, 9.17) is 0 Å². The molecule has 1 fully saturated rings. The highest BCUT2D eigenvalue weighted by Gasteiger charge is 2.43. The van der Waals surface area contributed by atoms with Gasteiger partial charge in [0.1, 0.15) is 11.8 Å². The van der Waals surface area contributed by atoms with Gasteiger partial charge in [-0.2, -0.15) is 0 Å². The number of rotatable bonds is 10. The molecule has 1 aliphatic heterocycles. The van der Waals surface area contributed by atoms with Gasteiger partial charge in [0.05, 0.1) is 0 Å². The highest BCUT2D eigenvalue weighted by atomic mass is 32.1. The molecule has 1 aromatic carbocycles. The van der Waals surface area contributed by atoms with Gasteiger partial charge in [0, 0.05) is 29.4 Å². The van der Waals surface area contributed by atoms with Crippen LogP contribution in [-0.2, 0) is 21.4 Å². The number of nitrogens with zero attached hydrogens (tertiary/aromatic N) is 2. The molecule has 1 atom stereocenters. The van der Waals surface area contributed by atoms with E-state index in [0.29, 0.717) is 18.5 Å². The molecule has 0 spiro atoms. The number of imide groups is 1. The second-order valence-corrected chi connectivity index (χ2v) is 9.77. The maximum absolute atomic E-state index is 12.8. The predicted molar refractivity (Wildman–Crippen MR) is 126 cm³/mol. The summed E-state index contributed by atoms with van der Waals surface area (Å²) in [5, 5.41) is 2.05. The van der Waals surface area contributed by atoms with Crippen molar-refractivity contribution >= 4 is 34.7 Å². The van der Waals surface area contributed by atoms with E-state index in [9.17, 15) is 14.4 Å². The maximum Gasteiger partial charge on any atom is 0.331 e. The van der Waals surface area contributed by atoms with Gasteiger partial charge in [-0.15, -0.1) is 11.3 Å². The fourth-order valence-corrected chi connectivity index (χ4v) is 4.79. The predicted octanol–water partition coefficient (Wildman–Crippen LogP) is 5.57. The van der Waals surface area contributed by atoms with Gasteiger partial charge >= 0.3 is 6.03 Å². The molecule has 3 rings (SSSR count). The van der Waals surface area contributed by atoms with Crippen LogP contribution in [0.4, 0.5) is 10.5 Å². The summed E-state index contributed by atoms with van der Waals surface area (Å²) in [5.74, 6) is 0.0658. The normalized spacial score (nSPS) is 17.0. The molecule has 2 heterocycles. The van der Waals surface area contributed by atoms with Gasteiger partial charge in [-0.1, -0.05) is 31.5 Å². The summed E-state index contributed by atoms with van der Waals surface area (Å²) in [6, 6.07) is 10.9. The summed E-state index contributed by atoms with van der Waals surface area (Å²) in [5.41, 5.74) is 1.05. The van der Waals surface area contributed by atoms with Crippen LogP contribution in [0, 0.1) is 0 Å². The first-order valence-electron chi connectivity index (χ1n) is 11.0. The maximum atomic E-state index is 12.8. The summed E-state index contributed by atoms with van der Waals surface area (Å²) in [6.45, 7) is 5.98. The molecule has 1 aliphatic rings. The third-order valence-corrected chi connectivity index (χ3v) is 7.16. The van der Waals surface area contributed by atoms with Crippen LogP contribution in [-0.4, -0.2) is 35.7 Å². The number of benzene rings is 1. The van der Waals surface area contributed by atoms with Gasteiger partial charge < -0.3 is 0 Å². The van der Waals surface area contributed by atoms with Gasteiger partial charge in [0.15, 0.2) is 0 Å². The quantitative estimate of drug-likeness (QED) is 0.454. The number of hydrogen-bond acceptors (Lipinski definition) is 4. The van der Waals surface area contributed by atoms with Crippen LogP contribution in [0.1, 0.15) is 63.3 Å². The average molecular weight is 441 g/mol. The zero-order chi connectivity index (χ0) is 22.6. The molecule has 0 aliphatic carbocycles. The van der Waals surface area contributed by atoms with Gasteiger partial charge in [0.25, 0.3) is 5.91 Å². The average Bonchev–Trinajstić information content (AvgIpc) is 3.35. The SMILES string of the molecule is CCCCC(=O)C(C)(C)c1ccc(N2C(=O)N(C)C(=O)C2CCCc2cccs2)cc1. The number of aryl methyl sites for hydroxylation is 1. The molecule has 0 N–H and O–H groups in total. The Labute approximate surface area is 189 Å². The number of carbonyl (C=O) groups excluding carboxylic acids is 3. The number of likely N-dealkylation sites (N-methyl/N-ethyl adjacent to an activating group) is 1. The Balaban J connectivity index is 1.76. The zero-order valence-corrected chi connectivity index (χ0v) is 19.7. The molecule has 6 heteroatoms. The monoisotopic (exact) mass is 440 g/mol. The fraction of sp³-hybridized carbons (Fsp3) is 0.480. The first-order valence-corrected chi connectivity index (χ1v) is 11.9. The van der Waals surface area contributed by atoms with Crippen molar-refractivity contribution in [3.05, 3.63) is 52.2 Å². The van der Waals surface area contributed by atoms with E-state index in [1.807, 2.05) is 44.2 Å². The number of urea groups is 1. The summed E-state index contributed by atoms with van der Waals surface area (Å²) in [4.78, 5) is 42.3. The van der Waals surface area contributed by atoms with Crippen LogP contribution in [0.25, 0.3) is 0 Å². The van der Waals surface area contributed by atoms with E-state index < -0.39 is 11.5 Å². The van der Waals surface area contributed by atoms with Crippen molar-refractivity contribution in [2.45, 2.75) is 70.8 Å². The highest BCUT2D eigenvalue weighted by Crippen LogP contribution is 2.32. The Morgan fingerprint density at radius 2 is 1.81 bits per heavy atom. The van der Waals surface area contributed by atoms with Crippen molar-refractivity contribution in [2.75, 3.05) is 11.9 Å². The third-order valence-electron chi connectivity index (χ3n) is 6.22. The summed E-state index contributed by atoms with van der Waals surface area (Å²) in [7, 11) is 1.54. The number of Topliss-reactive ketones (excluding diaryl/α,β-unsaturated/α-hetero) is 1. The fourth-order valence-electron chi connectivity index (χ4n) is 4.04. The number of anilines is 1. The standard InChI is InChI=1S/C25H32N2O3S/c1-5-6-12-22(28)25(2,3)18-13-15-19(16-14-18)27-21(23(29)26(4)24(27)30)11-7-9-20-10-8-17-31-20/h8,10,13-17,21H,5-7,9,11-12H2,1-4H3. The highest BCUT2D eigenvalue weighted by molar-refractivity contribution is 7.09. The number of hydrogen-bond donors (Lipinski definition) is 0. The van der Waals surface area contributed by atoms with Crippen LogP contribution < -0.4 is 4.90 Å². The minimum absolute atomic E-state index is 0.157. The van der Waals surface area contributed by atoms with Crippen molar-refractivity contribution in [3.8, 4) is 0 Å². The van der Waals surface area contributed by atoms with Crippen LogP contribution in [0.3, 0.4) is 0 Å². The number of thiophene rings is 1. The molecule has 0 bridgehead atoms. The van der Waals surface area contributed by atoms with Crippen molar-refractivity contribution in [1.82, 2.24) is 4.90 Å². The molecule has 1 saturated heterocycles. The van der Waals surface area contributed by atoms with E-state index in [0.717, 1.165) is 31.2 Å². The molecular weight excluding hydrogens is 408 g/mol. The Hall–Kier alpha value is -2.47. The molecule has 5 nitrogen and oxygen atoms in total.